The zero-order valence-corrected chi connectivity index (χ0v) is 16.2. The Morgan fingerprint density at radius 1 is 1.11 bits per heavy atom. The smallest absolute Gasteiger partial charge is 0.246 e. The third kappa shape index (κ3) is 4.85. The number of nitrogens with zero attached hydrogens (tertiary/aromatic N) is 2. The summed E-state index contributed by atoms with van der Waals surface area (Å²) in [5, 5.41) is 2.85. The molecule has 0 bridgehead atoms. The second-order valence-electron chi connectivity index (χ2n) is 7.04. The standard InChI is InChI=1S/C23H26FN3O/c1-17(2)23(28)25-15-9-3-4-14-22-26-20-12-7-8-13-21(20)27(22)16-18-10-5-6-11-19(18)24/h5-8,10-13H,1,3-4,9,14-16H2,2H3,(H,25,28). The van der Waals surface area contributed by atoms with E-state index in [4.69, 9.17) is 4.98 Å². The molecule has 1 amide bonds. The van der Waals surface area contributed by atoms with Crippen LogP contribution in [0, 0.1) is 5.82 Å². The van der Waals surface area contributed by atoms with Crippen molar-refractivity contribution in [3.8, 4) is 0 Å². The van der Waals surface area contributed by atoms with E-state index in [2.05, 4.69) is 16.5 Å². The molecule has 0 radical (unpaired) electrons. The lowest BCUT2D eigenvalue weighted by molar-refractivity contribution is -0.117. The topological polar surface area (TPSA) is 46.9 Å². The van der Waals surface area contributed by atoms with E-state index in [-0.39, 0.29) is 11.7 Å². The molecule has 5 heteroatoms. The average molecular weight is 379 g/mol. The van der Waals surface area contributed by atoms with E-state index in [9.17, 15) is 9.18 Å². The van der Waals surface area contributed by atoms with Crippen LogP contribution in [0.5, 0.6) is 0 Å². The van der Waals surface area contributed by atoms with Crippen LogP contribution in [0.2, 0.25) is 0 Å². The number of nitrogens with one attached hydrogen (secondary N) is 1. The van der Waals surface area contributed by atoms with Crippen molar-refractivity contribution in [2.24, 2.45) is 0 Å². The Morgan fingerprint density at radius 3 is 2.64 bits per heavy atom. The monoisotopic (exact) mass is 379 g/mol. The van der Waals surface area contributed by atoms with Crippen molar-refractivity contribution in [1.29, 1.82) is 0 Å². The van der Waals surface area contributed by atoms with Gasteiger partial charge in [0.1, 0.15) is 11.6 Å². The molecule has 146 valence electrons. The van der Waals surface area contributed by atoms with Gasteiger partial charge in [0.15, 0.2) is 0 Å². The zero-order valence-electron chi connectivity index (χ0n) is 16.2. The highest BCUT2D eigenvalue weighted by Gasteiger charge is 2.12. The lowest BCUT2D eigenvalue weighted by Gasteiger charge is -2.10. The highest BCUT2D eigenvalue weighted by molar-refractivity contribution is 5.92. The number of hydrogen-bond donors (Lipinski definition) is 1. The highest BCUT2D eigenvalue weighted by Crippen LogP contribution is 2.20. The van der Waals surface area contributed by atoms with Crippen LogP contribution in [0.4, 0.5) is 4.39 Å². The average Bonchev–Trinajstić information content (AvgIpc) is 3.03. The van der Waals surface area contributed by atoms with Crippen LogP contribution in [0.25, 0.3) is 11.0 Å². The molecule has 0 aliphatic heterocycles. The first-order chi connectivity index (χ1) is 13.6. The molecule has 0 unspecified atom stereocenters. The Kier molecular flexibility index (Phi) is 6.58. The van der Waals surface area contributed by atoms with Gasteiger partial charge < -0.3 is 9.88 Å². The van der Waals surface area contributed by atoms with E-state index < -0.39 is 0 Å². The summed E-state index contributed by atoms with van der Waals surface area (Å²) >= 11 is 0. The SMILES string of the molecule is C=C(C)C(=O)NCCCCCc1nc2ccccc2n1Cc1ccccc1F. The summed E-state index contributed by atoms with van der Waals surface area (Å²) in [6.07, 6.45) is 3.67. The number of aryl methyl sites for hydroxylation is 1. The summed E-state index contributed by atoms with van der Waals surface area (Å²) in [7, 11) is 0. The quantitative estimate of drug-likeness (QED) is 0.435. The predicted octanol–water partition coefficient (Wildman–Crippen LogP) is 4.63. The van der Waals surface area contributed by atoms with Gasteiger partial charge in [0.2, 0.25) is 5.91 Å². The summed E-state index contributed by atoms with van der Waals surface area (Å²) in [5.41, 5.74) is 3.15. The van der Waals surface area contributed by atoms with Gasteiger partial charge in [-0.15, -0.1) is 0 Å². The molecule has 1 heterocycles. The Balaban J connectivity index is 1.65. The van der Waals surface area contributed by atoms with E-state index in [0.29, 0.717) is 24.2 Å². The van der Waals surface area contributed by atoms with Crippen LogP contribution >= 0.6 is 0 Å². The maximum Gasteiger partial charge on any atom is 0.246 e. The number of carbonyl (C=O) groups is 1. The number of imidazole rings is 1. The number of amides is 1. The molecule has 1 N–H and O–H groups in total. The largest absolute Gasteiger partial charge is 0.352 e. The van der Waals surface area contributed by atoms with Crippen LogP contribution in [-0.4, -0.2) is 22.0 Å². The van der Waals surface area contributed by atoms with Gasteiger partial charge in [-0.25, -0.2) is 9.37 Å². The number of benzene rings is 2. The van der Waals surface area contributed by atoms with Crippen LogP contribution < -0.4 is 5.32 Å². The molecule has 1 aromatic heterocycles. The molecule has 4 nitrogen and oxygen atoms in total. The molecule has 28 heavy (non-hydrogen) atoms. The van der Waals surface area contributed by atoms with E-state index in [0.717, 1.165) is 42.5 Å². The second-order valence-corrected chi connectivity index (χ2v) is 7.04. The minimum atomic E-state index is -0.195. The van der Waals surface area contributed by atoms with Crippen LogP contribution in [0.1, 0.15) is 37.6 Å². The van der Waals surface area contributed by atoms with Crippen molar-refractivity contribution in [2.45, 2.75) is 39.2 Å². The van der Waals surface area contributed by atoms with E-state index in [1.807, 2.05) is 36.4 Å². The summed E-state index contributed by atoms with van der Waals surface area (Å²) in [6.45, 7) is 6.45. The van der Waals surface area contributed by atoms with Crippen molar-refractivity contribution in [3.63, 3.8) is 0 Å². The number of fused-ring (bicyclic) bond motifs is 1. The predicted molar refractivity (Wildman–Crippen MR) is 111 cm³/mol. The Morgan fingerprint density at radius 2 is 1.86 bits per heavy atom. The fourth-order valence-corrected chi connectivity index (χ4v) is 3.23. The molecule has 0 saturated heterocycles. The molecule has 0 fully saturated rings. The van der Waals surface area contributed by atoms with Gasteiger partial charge in [-0.2, -0.15) is 0 Å². The first kappa shape index (κ1) is 19.8. The summed E-state index contributed by atoms with van der Waals surface area (Å²) in [4.78, 5) is 16.3. The van der Waals surface area contributed by atoms with Gasteiger partial charge in [-0.05, 0) is 38.0 Å². The Hall–Kier alpha value is -2.95. The van der Waals surface area contributed by atoms with E-state index in [1.54, 1.807) is 13.0 Å². The Bertz CT molecular complexity index is 977. The fraction of sp³-hybridized carbons (Fsp3) is 0.304. The maximum atomic E-state index is 14.2. The van der Waals surface area contributed by atoms with Crippen molar-refractivity contribution in [3.05, 3.63) is 77.9 Å². The lowest BCUT2D eigenvalue weighted by Crippen LogP contribution is -2.24. The van der Waals surface area contributed by atoms with Gasteiger partial charge in [0.25, 0.3) is 0 Å². The van der Waals surface area contributed by atoms with Gasteiger partial charge in [0.05, 0.1) is 17.6 Å². The second kappa shape index (κ2) is 9.31. The molecule has 3 aromatic rings. The highest BCUT2D eigenvalue weighted by atomic mass is 19.1. The summed E-state index contributed by atoms with van der Waals surface area (Å²) in [5.74, 6) is 0.682. The number of para-hydroxylation sites is 2. The van der Waals surface area contributed by atoms with Gasteiger partial charge in [-0.1, -0.05) is 43.3 Å². The van der Waals surface area contributed by atoms with E-state index >= 15 is 0 Å². The van der Waals surface area contributed by atoms with Gasteiger partial charge >= 0.3 is 0 Å². The van der Waals surface area contributed by atoms with Crippen molar-refractivity contribution < 1.29 is 9.18 Å². The molecule has 0 atom stereocenters. The molecule has 0 aliphatic carbocycles. The number of rotatable bonds is 9. The zero-order chi connectivity index (χ0) is 19.9. The molecular weight excluding hydrogens is 353 g/mol. The Labute approximate surface area is 165 Å². The van der Waals surface area contributed by atoms with E-state index in [1.165, 1.54) is 6.07 Å². The first-order valence-electron chi connectivity index (χ1n) is 9.67. The van der Waals surface area contributed by atoms with Crippen molar-refractivity contribution in [1.82, 2.24) is 14.9 Å². The fourth-order valence-electron chi connectivity index (χ4n) is 3.23. The van der Waals surface area contributed by atoms with Crippen LogP contribution in [-0.2, 0) is 17.8 Å². The van der Waals surface area contributed by atoms with Gasteiger partial charge in [-0.3, -0.25) is 4.79 Å². The third-order valence-corrected chi connectivity index (χ3v) is 4.77. The van der Waals surface area contributed by atoms with Crippen LogP contribution in [0.3, 0.4) is 0 Å². The third-order valence-electron chi connectivity index (χ3n) is 4.77. The number of aromatic nitrogens is 2. The maximum absolute atomic E-state index is 14.2. The normalized spacial score (nSPS) is 10.9. The van der Waals surface area contributed by atoms with Crippen molar-refractivity contribution >= 4 is 16.9 Å². The summed E-state index contributed by atoms with van der Waals surface area (Å²) < 4.78 is 16.3. The minimum Gasteiger partial charge on any atom is -0.352 e. The van der Waals surface area contributed by atoms with Crippen molar-refractivity contribution in [2.75, 3.05) is 6.54 Å². The molecule has 3 rings (SSSR count). The van der Waals surface area contributed by atoms with Crippen LogP contribution in [0.15, 0.2) is 60.7 Å². The molecular formula is C23H26FN3O. The molecule has 0 saturated carbocycles. The summed E-state index contributed by atoms with van der Waals surface area (Å²) in [6, 6.07) is 14.8. The number of halogens is 1. The number of unbranched alkanes of at least 4 members (excludes halogenated alkanes) is 2. The van der Waals surface area contributed by atoms with Gasteiger partial charge in [0, 0.05) is 24.1 Å². The lowest BCUT2D eigenvalue weighted by atomic mass is 10.1. The molecule has 0 aliphatic rings. The number of hydrogen-bond acceptors (Lipinski definition) is 2. The molecule has 2 aromatic carbocycles. The minimum absolute atomic E-state index is 0.0910. The first-order valence-corrected chi connectivity index (χ1v) is 9.67. The number of carbonyl (C=O) groups excluding carboxylic acids is 1. The molecule has 0 spiro atoms.